The Morgan fingerprint density at radius 2 is 2.20 bits per heavy atom. The largest absolute Gasteiger partial charge is 0.292 e. The topological polar surface area (TPSA) is 42.9 Å². The maximum absolute atomic E-state index is 11.1. The van der Waals surface area contributed by atoms with Gasteiger partial charge in [-0.05, 0) is 28.1 Å². The minimum atomic E-state index is -0.0108. The third-order valence-corrected chi connectivity index (χ3v) is 3.21. The third kappa shape index (κ3) is 2.30. The van der Waals surface area contributed by atoms with Crippen LogP contribution in [0.1, 0.15) is 16.7 Å². The number of halogens is 1. The van der Waals surface area contributed by atoms with Gasteiger partial charge >= 0.3 is 0 Å². The van der Waals surface area contributed by atoms with Gasteiger partial charge in [-0.15, -0.1) is 11.3 Å². The average molecular weight is 283 g/mol. The second-order valence-corrected chi connectivity index (χ2v) is 4.73. The normalized spacial score (nSPS) is 10.3. The van der Waals surface area contributed by atoms with E-state index in [0.717, 1.165) is 15.9 Å². The van der Waals surface area contributed by atoms with E-state index < -0.39 is 0 Å². The second kappa shape index (κ2) is 4.20. The van der Waals surface area contributed by atoms with Gasteiger partial charge in [-0.25, -0.2) is 4.98 Å². The zero-order chi connectivity index (χ0) is 10.8. The first-order valence-corrected chi connectivity index (χ1v) is 5.92. The Morgan fingerprint density at radius 3 is 2.73 bits per heavy atom. The van der Waals surface area contributed by atoms with Gasteiger partial charge in [-0.1, -0.05) is 0 Å². The predicted octanol–water partition coefficient (Wildman–Crippen LogP) is 3.17. The van der Waals surface area contributed by atoms with Gasteiger partial charge in [0.25, 0.3) is 0 Å². The Balaban J connectivity index is 2.37. The number of aromatic nitrogens is 2. The molecule has 2 heterocycles. The molecule has 2 aromatic rings. The molecular formula is C10H7BrN2OS. The first-order valence-electron chi connectivity index (χ1n) is 4.25. The van der Waals surface area contributed by atoms with E-state index in [2.05, 4.69) is 25.9 Å². The summed E-state index contributed by atoms with van der Waals surface area (Å²) < 4.78 is 0.924. The lowest BCUT2D eigenvalue weighted by Gasteiger charge is -1.94. The first kappa shape index (κ1) is 10.4. The lowest BCUT2D eigenvalue weighted by Crippen LogP contribution is -1.90. The van der Waals surface area contributed by atoms with Gasteiger partial charge in [0, 0.05) is 23.0 Å². The standard InChI is InChI=1S/C10H7BrN2OS/c1-6(14)10-13-9(5-15-10)8-3-2-7(11)4-12-8/h2-5H,1H3. The summed E-state index contributed by atoms with van der Waals surface area (Å²) in [5.41, 5.74) is 1.53. The summed E-state index contributed by atoms with van der Waals surface area (Å²) in [6, 6.07) is 3.76. The maximum Gasteiger partial charge on any atom is 0.188 e. The predicted molar refractivity (Wildman–Crippen MR) is 63.0 cm³/mol. The third-order valence-electron chi connectivity index (χ3n) is 1.80. The van der Waals surface area contributed by atoms with Crippen LogP contribution in [-0.4, -0.2) is 15.8 Å². The van der Waals surface area contributed by atoms with E-state index in [1.54, 1.807) is 6.20 Å². The van der Waals surface area contributed by atoms with Crippen LogP contribution >= 0.6 is 27.3 Å². The van der Waals surface area contributed by atoms with Crippen molar-refractivity contribution in [1.82, 2.24) is 9.97 Å². The van der Waals surface area contributed by atoms with Crippen LogP contribution in [0.2, 0.25) is 0 Å². The van der Waals surface area contributed by atoms with E-state index >= 15 is 0 Å². The summed E-state index contributed by atoms with van der Waals surface area (Å²) in [7, 11) is 0. The molecule has 0 amide bonds. The molecule has 3 nitrogen and oxygen atoms in total. The number of hydrogen-bond donors (Lipinski definition) is 0. The highest BCUT2D eigenvalue weighted by Gasteiger charge is 2.08. The van der Waals surface area contributed by atoms with Crippen molar-refractivity contribution in [2.45, 2.75) is 6.92 Å². The van der Waals surface area contributed by atoms with Crippen molar-refractivity contribution in [1.29, 1.82) is 0 Å². The van der Waals surface area contributed by atoms with Crippen molar-refractivity contribution in [2.24, 2.45) is 0 Å². The van der Waals surface area contributed by atoms with E-state index in [-0.39, 0.29) is 5.78 Å². The molecular weight excluding hydrogens is 276 g/mol. The lowest BCUT2D eigenvalue weighted by molar-refractivity contribution is 0.101. The number of Topliss-reactive ketones (excluding diaryl/α,β-unsaturated/α-hetero) is 1. The number of ketones is 1. The molecule has 0 radical (unpaired) electrons. The quantitative estimate of drug-likeness (QED) is 0.795. The van der Waals surface area contributed by atoms with Crippen LogP contribution in [0.25, 0.3) is 11.4 Å². The Hall–Kier alpha value is -1.07. The fourth-order valence-electron chi connectivity index (χ4n) is 1.08. The Bertz CT molecular complexity index is 492. The minimum absolute atomic E-state index is 0.0108. The van der Waals surface area contributed by atoms with Crippen molar-refractivity contribution < 1.29 is 4.79 Å². The van der Waals surface area contributed by atoms with E-state index in [1.807, 2.05) is 17.5 Å². The summed E-state index contributed by atoms with van der Waals surface area (Å²) in [6.07, 6.45) is 1.71. The van der Waals surface area contributed by atoms with Gasteiger partial charge in [-0.3, -0.25) is 9.78 Å². The lowest BCUT2D eigenvalue weighted by atomic mass is 10.3. The molecule has 0 saturated carbocycles. The molecule has 2 aromatic heterocycles. The SMILES string of the molecule is CC(=O)c1nc(-c2ccc(Br)cn2)cs1. The van der Waals surface area contributed by atoms with Gasteiger partial charge in [0.05, 0.1) is 5.69 Å². The summed E-state index contributed by atoms with van der Waals surface area (Å²) in [5, 5.41) is 2.36. The van der Waals surface area contributed by atoms with Gasteiger partial charge in [0.15, 0.2) is 10.8 Å². The van der Waals surface area contributed by atoms with Gasteiger partial charge in [0.2, 0.25) is 0 Å². The molecule has 0 aromatic carbocycles. The fourth-order valence-corrected chi connectivity index (χ4v) is 2.03. The monoisotopic (exact) mass is 282 g/mol. The number of pyridine rings is 1. The number of carbonyl (C=O) groups is 1. The van der Waals surface area contributed by atoms with Crippen molar-refractivity contribution in [3.63, 3.8) is 0 Å². The van der Waals surface area contributed by atoms with Crippen LogP contribution in [0.4, 0.5) is 0 Å². The molecule has 0 spiro atoms. The smallest absolute Gasteiger partial charge is 0.188 e. The fraction of sp³-hybridized carbons (Fsp3) is 0.100. The maximum atomic E-state index is 11.1. The van der Waals surface area contributed by atoms with E-state index in [4.69, 9.17) is 0 Å². The highest BCUT2D eigenvalue weighted by molar-refractivity contribution is 9.10. The van der Waals surface area contributed by atoms with Gasteiger partial charge in [-0.2, -0.15) is 0 Å². The Labute approximate surface area is 99.3 Å². The highest BCUT2D eigenvalue weighted by Crippen LogP contribution is 2.21. The molecule has 0 N–H and O–H groups in total. The van der Waals surface area contributed by atoms with Crippen LogP contribution in [0.3, 0.4) is 0 Å². The molecule has 15 heavy (non-hydrogen) atoms. The van der Waals surface area contributed by atoms with E-state index in [1.165, 1.54) is 18.3 Å². The van der Waals surface area contributed by atoms with Crippen LogP contribution < -0.4 is 0 Å². The summed E-state index contributed by atoms with van der Waals surface area (Å²) in [4.78, 5) is 19.5. The number of thiazole rings is 1. The van der Waals surface area contributed by atoms with Crippen LogP contribution in [0.5, 0.6) is 0 Å². The highest BCUT2D eigenvalue weighted by atomic mass is 79.9. The molecule has 0 atom stereocenters. The van der Waals surface area contributed by atoms with E-state index in [9.17, 15) is 4.79 Å². The zero-order valence-corrected chi connectivity index (χ0v) is 10.3. The Kier molecular flexibility index (Phi) is 2.93. The number of nitrogens with zero attached hydrogens (tertiary/aromatic N) is 2. The van der Waals surface area contributed by atoms with Crippen molar-refractivity contribution in [3.8, 4) is 11.4 Å². The molecule has 0 aliphatic carbocycles. The molecule has 2 rings (SSSR count). The van der Waals surface area contributed by atoms with Gasteiger partial charge < -0.3 is 0 Å². The minimum Gasteiger partial charge on any atom is -0.292 e. The number of carbonyl (C=O) groups excluding carboxylic acids is 1. The van der Waals surface area contributed by atoms with Crippen LogP contribution in [-0.2, 0) is 0 Å². The van der Waals surface area contributed by atoms with Gasteiger partial charge in [0.1, 0.15) is 5.69 Å². The molecule has 0 aliphatic rings. The molecule has 5 heteroatoms. The first-order chi connectivity index (χ1) is 7.16. The summed E-state index contributed by atoms with van der Waals surface area (Å²) in [5.74, 6) is -0.0108. The van der Waals surface area contributed by atoms with E-state index in [0.29, 0.717) is 5.01 Å². The van der Waals surface area contributed by atoms with Crippen LogP contribution in [0, 0.1) is 0 Å². The molecule has 0 aliphatic heterocycles. The molecule has 0 saturated heterocycles. The van der Waals surface area contributed by atoms with Crippen molar-refractivity contribution >= 4 is 33.0 Å². The molecule has 0 fully saturated rings. The zero-order valence-electron chi connectivity index (χ0n) is 7.90. The average Bonchev–Trinajstić information content (AvgIpc) is 2.68. The number of hydrogen-bond acceptors (Lipinski definition) is 4. The Morgan fingerprint density at radius 1 is 1.40 bits per heavy atom. The second-order valence-electron chi connectivity index (χ2n) is 2.96. The molecule has 0 unspecified atom stereocenters. The summed E-state index contributed by atoms with van der Waals surface area (Å²) in [6.45, 7) is 1.51. The molecule has 76 valence electrons. The number of rotatable bonds is 2. The van der Waals surface area contributed by atoms with Crippen molar-refractivity contribution in [2.75, 3.05) is 0 Å². The van der Waals surface area contributed by atoms with Crippen molar-refractivity contribution in [3.05, 3.63) is 33.2 Å². The summed E-state index contributed by atoms with van der Waals surface area (Å²) >= 11 is 4.66. The molecule has 0 bridgehead atoms. The van der Waals surface area contributed by atoms with Crippen LogP contribution in [0.15, 0.2) is 28.2 Å².